The fourth-order valence-electron chi connectivity index (χ4n) is 4.27. The Labute approximate surface area is 279 Å². The molecule has 0 bridgehead atoms. The molecule has 0 radical (unpaired) electrons. The maximum absolute atomic E-state index is 13.9. The Morgan fingerprint density at radius 1 is 1.17 bits per heavy atom. The lowest BCUT2D eigenvalue weighted by molar-refractivity contribution is -0.164. The van der Waals surface area contributed by atoms with Crippen molar-refractivity contribution >= 4 is 29.6 Å². The van der Waals surface area contributed by atoms with Gasteiger partial charge in [0.1, 0.15) is 24.8 Å². The van der Waals surface area contributed by atoms with Crippen molar-refractivity contribution in [2.75, 3.05) is 13.7 Å². The highest BCUT2D eigenvalue weighted by molar-refractivity contribution is 6.32. The third-order valence-corrected chi connectivity index (χ3v) is 7.10. The molecule has 48 heavy (non-hydrogen) atoms. The lowest BCUT2D eigenvalue weighted by Gasteiger charge is -2.31. The Hall–Kier alpha value is -4.99. The number of benzene rings is 2. The summed E-state index contributed by atoms with van der Waals surface area (Å²) in [7, 11) is 1.35. The number of carbonyl (C=O) groups is 2. The molecule has 2 heterocycles. The minimum Gasteiger partial charge on any atom is -0.447 e. The molecule has 3 N–H and O–H groups in total. The highest BCUT2D eigenvalue weighted by atomic mass is 35.5. The Morgan fingerprint density at radius 2 is 1.83 bits per heavy atom. The number of nitrogens with one attached hydrogen (secondary N) is 1. The summed E-state index contributed by atoms with van der Waals surface area (Å²) in [5.41, 5.74) is 5.80. The molecule has 1 saturated carbocycles. The molecule has 0 spiro atoms. The highest BCUT2D eigenvalue weighted by Gasteiger charge is 2.64. The Kier molecular flexibility index (Phi) is 10.8. The summed E-state index contributed by atoms with van der Waals surface area (Å²) in [5.74, 6) is -0.604. The number of alkyl carbamates (subject to hydrolysis) is 1. The molecule has 4 aromatic rings. The fraction of sp³-hybridized carbons (Fsp3) is 0.387. The summed E-state index contributed by atoms with van der Waals surface area (Å²) in [4.78, 5) is 39.4. The number of halogens is 4. The van der Waals surface area contributed by atoms with E-state index in [0.29, 0.717) is 28.1 Å². The van der Waals surface area contributed by atoms with E-state index in [0.717, 1.165) is 11.3 Å². The summed E-state index contributed by atoms with van der Waals surface area (Å²) in [6, 6.07) is 9.64. The third kappa shape index (κ3) is 8.87. The second-order valence-corrected chi connectivity index (χ2v) is 12.9. The van der Waals surface area contributed by atoms with Crippen molar-refractivity contribution in [3.63, 3.8) is 0 Å². The van der Waals surface area contributed by atoms with Crippen molar-refractivity contribution in [2.45, 2.75) is 58.3 Å². The number of carbonyl (C=O) groups excluding carboxylic acids is 2. The van der Waals surface area contributed by atoms with Crippen LogP contribution in [0.5, 0.6) is 0 Å². The van der Waals surface area contributed by atoms with Gasteiger partial charge in [0.25, 0.3) is 5.91 Å². The SMILES string of the molecule is CC(C)(C)C.CN=C(N)N(C(=O)c1ccc(-c2ncon2)cc1)[C@H](COC(=O)NC1(C(F)(F)F)CC1)c1ccc(Cl)c(-n2cncn2)c1. The van der Waals surface area contributed by atoms with Crippen LogP contribution in [0.2, 0.25) is 5.02 Å². The van der Waals surface area contributed by atoms with Crippen molar-refractivity contribution in [2.24, 2.45) is 16.1 Å². The van der Waals surface area contributed by atoms with E-state index in [9.17, 15) is 22.8 Å². The molecule has 1 aliphatic carbocycles. The van der Waals surface area contributed by atoms with Gasteiger partial charge in [-0.3, -0.25) is 14.7 Å². The van der Waals surface area contributed by atoms with Crippen LogP contribution in [-0.2, 0) is 4.74 Å². The molecule has 2 amide bonds. The molecule has 2 aromatic carbocycles. The minimum absolute atomic E-state index is 0.160. The average molecular weight is 690 g/mol. The first-order valence-electron chi connectivity index (χ1n) is 14.6. The molecule has 0 saturated heterocycles. The van der Waals surface area contributed by atoms with Gasteiger partial charge in [-0.25, -0.2) is 14.5 Å². The van der Waals surface area contributed by atoms with Gasteiger partial charge in [0, 0.05) is 18.2 Å². The molecular formula is C31H35ClF3N9O4. The van der Waals surface area contributed by atoms with Crippen molar-refractivity contribution in [1.29, 1.82) is 0 Å². The maximum Gasteiger partial charge on any atom is 0.411 e. The number of alkyl halides is 3. The van der Waals surface area contributed by atoms with Gasteiger partial charge in [0.05, 0.1) is 16.8 Å². The second-order valence-electron chi connectivity index (χ2n) is 12.5. The number of guanidine groups is 1. The van der Waals surface area contributed by atoms with E-state index in [1.807, 2.05) is 5.32 Å². The van der Waals surface area contributed by atoms with Gasteiger partial charge in [0.15, 0.2) is 5.96 Å². The molecule has 0 aliphatic heterocycles. The van der Waals surface area contributed by atoms with Crippen LogP contribution >= 0.6 is 11.6 Å². The number of ether oxygens (including phenoxy) is 1. The molecule has 0 unspecified atom stereocenters. The van der Waals surface area contributed by atoms with E-state index < -0.39 is 36.4 Å². The van der Waals surface area contributed by atoms with Crippen LogP contribution in [0.4, 0.5) is 18.0 Å². The van der Waals surface area contributed by atoms with Gasteiger partial charge < -0.3 is 20.3 Å². The molecule has 1 aliphatic rings. The first-order valence-corrected chi connectivity index (χ1v) is 15.0. The number of rotatable bonds is 8. The van der Waals surface area contributed by atoms with Gasteiger partial charge >= 0.3 is 12.3 Å². The monoisotopic (exact) mass is 689 g/mol. The number of hydrogen-bond acceptors (Lipinski definition) is 9. The van der Waals surface area contributed by atoms with Crippen LogP contribution in [-0.4, -0.2) is 73.1 Å². The molecule has 13 nitrogen and oxygen atoms in total. The van der Waals surface area contributed by atoms with Crippen molar-refractivity contribution < 1.29 is 32.0 Å². The van der Waals surface area contributed by atoms with Crippen LogP contribution in [0, 0.1) is 5.41 Å². The predicted octanol–water partition coefficient (Wildman–Crippen LogP) is 5.97. The Balaban J connectivity index is 0.000000968. The van der Waals surface area contributed by atoms with Gasteiger partial charge in [-0.05, 0) is 48.1 Å². The van der Waals surface area contributed by atoms with E-state index in [1.165, 1.54) is 42.6 Å². The number of nitrogens with two attached hydrogens (primary N) is 1. The van der Waals surface area contributed by atoms with E-state index in [4.69, 9.17) is 26.6 Å². The van der Waals surface area contributed by atoms with E-state index in [-0.39, 0.29) is 29.4 Å². The molecule has 5 rings (SSSR count). The van der Waals surface area contributed by atoms with Gasteiger partial charge in [-0.1, -0.05) is 62.7 Å². The van der Waals surface area contributed by atoms with E-state index >= 15 is 0 Å². The first-order chi connectivity index (χ1) is 22.5. The zero-order chi connectivity index (χ0) is 35.3. The van der Waals surface area contributed by atoms with Crippen LogP contribution in [0.1, 0.15) is 62.5 Å². The van der Waals surface area contributed by atoms with Crippen LogP contribution in [0.25, 0.3) is 17.1 Å². The van der Waals surface area contributed by atoms with Gasteiger partial charge in [-0.2, -0.15) is 23.3 Å². The molecule has 1 atom stereocenters. The lowest BCUT2D eigenvalue weighted by atomic mass is 10.0. The summed E-state index contributed by atoms with van der Waals surface area (Å²) in [6.07, 6.45) is -2.66. The van der Waals surface area contributed by atoms with Crippen molar-refractivity contribution in [3.05, 3.63) is 77.7 Å². The molecule has 1 fully saturated rings. The Morgan fingerprint density at radius 3 is 2.35 bits per heavy atom. The van der Waals surface area contributed by atoms with E-state index in [1.54, 1.807) is 24.3 Å². The summed E-state index contributed by atoms with van der Waals surface area (Å²) >= 11 is 6.39. The predicted molar refractivity (Wildman–Crippen MR) is 170 cm³/mol. The summed E-state index contributed by atoms with van der Waals surface area (Å²) < 4.78 is 51.7. The smallest absolute Gasteiger partial charge is 0.411 e. The second kappa shape index (κ2) is 14.4. The first kappa shape index (κ1) is 35.9. The zero-order valence-electron chi connectivity index (χ0n) is 26.8. The lowest BCUT2D eigenvalue weighted by Crippen LogP contribution is -2.49. The van der Waals surface area contributed by atoms with Gasteiger partial charge in [0.2, 0.25) is 12.2 Å². The van der Waals surface area contributed by atoms with E-state index in [2.05, 4.69) is 52.9 Å². The highest BCUT2D eigenvalue weighted by Crippen LogP contribution is 2.49. The summed E-state index contributed by atoms with van der Waals surface area (Å²) in [6.45, 7) is 8.15. The van der Waals surface area contributed by atoms with Gasteiger partial charge in [-0.15, -0.1) is 0 Å². The number of aliphatic imine (C=N–C) groups is 1. The average Bonchev–Trinajstić information content (AvgIpc) is 3.38. The maximum atomic E-state index is 13.9. The van der Waals surface area contributed by atoms with Crippen LogP contribution < -0.4 is 11.1 Å². The Bertz CT molecular complexity index is 1710. The summed E-state index contributed by atoms with van der Waals surface area (Å²) in [5, 5.41) is 10.0. The molecule has 17 heteroatoms. The molecule has 2 aromatic heterocycles. The molecular weight excluding hydrogens is 655 g/mol. The normalized spacial score (nSPS) is 14.7. The number of aromatic nitrogens is 5. The van der Waals surface area contributed by atoms with Crippen LogP contribution in [0.15, 0.2) is 71.0 Å². The number of amides is 2. The minimum atomic E-state index is -4.65. The third-order valence-electron chi connectivity index (χ3n) is 6.78. The van der Waals surface area contributed by atoms with Crippen molar-refractivity contribution in [3.8, 4) is 17.1 Å². The number of hydrogen-bond donors (Lipinski definition) is 2. The van der Waals surface area contributed by atoms with Crippen molar-refractivity contribution in [1.82, 2.24) is 35.1 Å². The fourth-order valence-corrected chi connectivity index (χ4v) is 4.47. The number of nitrogens with zero attached hydrogens (tertiary/aromatic N) is 7. The largest absolute Gasteiger partial charge is 0.447 e. The molecule has 256 valence electrons. The quantitative estimate of drug-likeness (QED) is 0.167. The standard InChI is InChI=1S/C26H23ClF3N9O4.C5H12/c1-32-23(31)39(22(40)16-4-2-15(3-5-16)21-34-14-43-37-21)20(11-42-24(41)36-25(8-9-25)26(28,29)30)17-6-7-18(27)19(10-17)38-13-33-12-35-38;1-5(2,3)4/h2-7,10,12-14,20H,8-9,11H2,1H3,(H2,31,32)(H,36,41);1-4H3/t20-;/m1./s1. The van der Waals surface area contributed by atoms with Crippen LogP contribution in [0.3, 0.4) is 0 Å². The zero-order valence-corrected chi connectivity index (χ0v) is 27.6. The topological polar surface area (TPSA) is 167 Å².